The molecule has 0 bridgehead atoms. The van der Waals surface area contributed by atoms with Crippen LogP contribution in [0.2, 0.25) is 0 Å². The lowest BCUT2D eigenvalue weighted by atomic mass is 10.1. The van der Waals surface area contributed by atoms with Crippen LogP contribution in [0.1, 0.15) is 34.3 Å². The highest BCUT2D eigenvalue weighted by Crippen LogP contribution is 2.20. The van der Waals surface area contributed by atoms with E-state index < -0.39 is 0 Å². The zero-order valence-electron chi connectivity index (χ0n) is 16.0. The number of carbonyl (C=O) groups excluding carboxylic acids is 1. The van der Waals surface area contributed by atoms with E-state index in [1.54, 1.807) is 19.2 Å². The second-order valence-corrected chi connectivity index (χ2v) is 6.80. The zero-order valence-corrected chi connectivity index (χ0v) is 16.0. The van der Waals surface area contributed by atoms with Crippen LogP contribution in [0.4, 0.5) is 0 Å². The highest BCUT2D eigenvalue weighted by molar-refractivity contribution is 5.94. The van der Waals surface area contributed by atoms with Gasteiger partial charge in [-0.25, -0.2) is 0 Å². The van der Waals surface area contributed by atoms with Gasteiger partial charge in [0.1, 0.15) is 18.1 Å². The summed E-state index contributed by atoms with van der Waals surface area (Å²) in [7, 11) is 1.66. The van der Waals surface area contributed by atoms with Gasteiger partial charge in [-0.05, 0) is 56.0 Å². The van der Waals surface area contributed by atoms with E-state index in [0.29, 0.717) is 30.9 Å². The van der Waals surface area contributed by atoms with E-state index in [4.69, 9.17) is 14.2 Å². The highest BCUT2D eigenvalue weighted by Gasteiger charge is 2.16. The van der Waals surface area contributed by atoms with Crippen molar-refractivity contribution in [1.29, 1.82) is 0 Å². The number of ether oxygens (including phenoxy) is 3. The predicted octanol–water partition coefficient (Wildman–Crippen LogP) is 3.53. The van der Waals surface area contributed by atoms with Crippen molar-refractivity contribution in [3.63, 3.8) is 0 Å². The molecule has 1 aliphatic rings. The molecular formula is C22H27NO4. The molecule has 5 heteroatoms. The fourth-order valence-electron chi connectivity index (χ4n) is 3.21. The lowest BCUT2D eigenvalue weighted by molar-refractivity contribution is 0.0679. The minimum atomic E-state index is -0.107. The Balaban J connectivity index is 1.52. The highest BCUT2D eigenvalue weighted by atomic mass is 16.5. The lowest BCUT2D eigenvalue weighted by Crippen LogP contribution is -2.26. The van der Waals surface area contributed by atoms with Crippen LogP contribution in [-0.4, -0.2) is 38.9 Å². The standard InChI is InChI=1S/C22H27NO4/c1-16-8-9-21(25-2)17(13-16)10-11-23-22(24)18-5-3-6-19(14-18)27-15-20-7-4-12-26-20/h3,5-6,8-9,13-14,20H,4,7,10-12,15H2,1-2H3,(H,23,24). The number of carbonyl (C=O) groups is 1. The summed E-state index contributed by atoms with van der Waals surface area (Å²) in [5.74, 6) is 1.43. The number of rotatable bonds is 8. The van der Waals surface area contributed by atoms with Crippen LogP contribution in [0.15, 0.2) is 42.5 Å². The first-order valence-corrected chi connectivity index (χ1v) is 9.42. The van der Waals surface area contributed by atoms with Gasteiger partial charge in [-0.2, -0.15) is 0 Å². The molecule has 0 spiro atoms. The van der Waals surface area contributed by atoms with Crippen LogP contribution in [0.3, 0.4) is 0 Å². The van der Waals surface area contributed by atoms with Crippen molar-refractivity contribution in [3.8, 4) is 11.5 Å². The van der Waals surface area contributed by atoms with Gasteiger partial charge in [0.2, 0.25) is 0 Å². The molecule has 0 radical (unpaired) electrons. The van der Waals surface area contributed by atoms with Crippen molar-refractivity contribution in [2.75, 3.05) is 26.9 Å². The average molecular weight is 369 g/mol. The Labute approximate surface area is 160 Å². The summed E-state index contributed by atoms with van der Waals surface area (Å²) in [5, 5.41) is 2.97. The third-order valence-electron chi connectivity index (χ3n) is 4.67. The SMILES string of the molecule is COc1ccc(C)cc1CCNC(=O)c1cccc(OCC2CCCO2)c1. The molecule has 1 saturated heterocycles. The summed E-state index contributed by atoms with van der Waals surface area (Å²) in [6.45, 7) is 3.92. The van der Waals surface area contributed by atoms with Crippen LogP contribution in [0, 0.1) is 6.92 Å². The summed E-state index contributed by atoms with van der Waals surface area (Å²) in [6, 6.07) is 13.3. The Morgan fingerprint density at radius 2 is 2.15 bits per heavy atom. The van der Waals surface area contributed by atoms with Crippen molar-refractivity contribution >= 4 is 5.91 Å². The molecule has 27 heavy (non-hydrogen) atoms. The van der Waals surface area contributed by atoms with Crippen molar-refractivity contribution in [2.24, 2.45) is 0 Å². The van der Waals surface area contributed by atoms with Crippen molar-refractivity contribution in [3.05, 3.63) is 59.2 Å². The van der Waals surface area contributed by atoms with Gasteiger partial charge in [-0.1, -0.05) is 23.8 Å². The van der Waals surface area contributed by atoms with Gasteiger partial charge in [0.25, 0.3) is 5.91 Å². The van der Waals surface area contributed by atoms with Crippen molar-refractivity contribution in [2.45, 2.75) is 32.3 Å². The normalized spacial score (nSPS) is 16.1. The van der Waals surface area contributed by atoms with Crippen LogP contribution < -0.4 is 14.8 Å². The van der Waals surface area contributed by atoms with Gasteiger partial charge in [0.05, 0.1) is 13.2 Å². The van der Waals surface area contributed by atoms with E-state index >= 15 is 0 Å². The third-order valence-corrected chi connectivity index (χ3v) is 4.67. The Hall–Kier alpha value is -2.53. The summed E-state index contributed by atoms with van der Waals surface area (Å²) in [6.07, 6.45) is 2.99. The van der Waals surface area contributed by atoms with E-state index in [1.165, 1.54) is 5.56 Å². The third kappa shape index (κ3) is 5.47. The minimum Gasteiger partial charge on any atom is -0.496 e. The van der Waals surface area contributed by atoms with Gasteiger partial charge < -0.3 is 19.5 Å². The summed E-state index contributed by atoms with van der Waals surface area (Å²) < 4.78 is 16.7. The van der Waals surface area contributed by atoms with Gasteiger partial charge >= 0.3 is 0 Å². The molecule has 1 amide bonds. The van der Waals surface area contributed by atoms with E-state index in [0.717, 1.165) is 30.8 Å². The van der Waals surface area contributed by atoms with E-state index in [2.05, 4.69) is 11.4 Å². The monoisotopic (exact) mass is 369 g/mol. The van der Waals surface area contributed by atoms with E-state index in [-0.39, 0.29) is 12.0 Å². The lowest BCUT2D eigenvalue weighted by Gasteiger charge is -2.13. The zero-order chi connectivity index (χ0) is 19.1. The van der Waals surface area contributed by atoms with Crippen LogP contribution >= 0.6 is 0 Å². The number of aryl methyl sites for hydroxylation is 1. The van der Waals surface area contributed by atoms with Gasteiger partial charge in [0, 0.05) is 18.7 Å². The fourth-order valence-corrected chi connectivity index (χ4v) is 3.21. The summed E-state index contributed by atoms with van der Waals surface area (Å²) in [5.41, 5.74) is 2.86. The van der Waals surface area contributed by atoms with Gasteiger partial charge in [-0.3, -0.25) is 4.79 Å². The van der Waals surface area contributed by atoms with Crippen LogP contribution in [-0.2, 0) is 11.2 Å². The van der Waals surface area contributed by atoms with E-state index in [9.17, 15) is 4.79 Å². The maximum absolute atomic E-state index is 12.4. The largest absolute Gasteiger partial charge is 0.496 e. The van der Waals surface area contributed by atoms with Gasteiger partial charge in [-0.15, -0.1) is 0 Å². The maximum atomic E-state index is 12.4. The quantitative estimate of drug-likeness (QED) is 0.773. The number of hydrogen-bond donors (Lipinski definition) is 1. The molecule has 1 fully saturated rings. The van der Waals surface area contributed by atoms with Crippen LogP contribution in [0.25, 0.3) is 0 Å². The number of hydrogen-bond acceptors (Lipinski definition) is 4. The second-order valence-electron chi connectivity index (χ2n) is 6.80. The first kappa shape index (κ1) is 19.2. The molecule has 1 unspecified atom stereocenters. The molecule has 0 saturated carbocycles. The maximum Gasteiger partial charge on any atom is 0.251 e. The predicted molar refractivity (Wildman–Crippen MR) is 105 cm³/mol. The smallest absolute Gasteiger partial charge is 0.251 e. The van der Waals surface area contributed by atoms with Crippen molar-refractivity contribution < 1.29 is 19.0 Å². The number of methoxy groups -OCH3 is 1. The molecule has 1 heterocycles. The molecule has 144 valence electrons. The average Bonchev–Trinajstić information content (AvgIpc) is 3.20. The van der Waals surface area contributed by atoms with E-state index in [1.807, 2.05) is 31.2 Å². The number of benzene rings is 2. The Morgan fingerprint density at radius 1 is 1.26 bits per heavy atom. The van der Waals surface area contributed by atoms with Crippen molar-refractivity contribution in [1.82, 2.24) is 5.32 Å². The Kier molecular flexibility index (Phi) is 6.71. The first-order valence-electron chi connectivity index (χ1n) is 9.42. The summed E-state index contributed by atoms with van der Waals surface area (Å²) >= 11 is 0. The van der Waals surface area contributed by atoms with Crippen LogP contribution in [0.5, 0.6) is 11.5 Å². The molecule has 0 aromatic heterocycles. The molecule has 1 aliphatic heterocycles. The molecular weight excluding hydrogens is 342 g/mol. The molecule has 0 aliphatic carbocycles. The molecule has 5 nitrogen and oxygen atoms in total. The summed E-state index contributed by atoms with van der Waals surface area (Å²) in [4.78, 5) is 12.4. The minimum absolute atomic E-state index is 0.107. The number of amides is 1. The Bertz CT molecular complexity index is 769. The number of nitrogens with one attached hydrogen (secondary N) is 1. The molecule has 1 atom stereocenters. The first-order chi connectivity index (χ1) is 13.2. The molecule has 2 aromatic rings. The second kappa shape index (κ2) is 9.42. The fraction of sp³-hybridized carbons (Fsp3) is 0.409. The Morgan fingerprint density at radius 3 is 2.93 bits per heavy atom. The molecule has 1 N–H and O–H groups in total. The topological polar surface area (TPSA) is 56.8 Å². The van der Waals surface area contributed by atoms with Gasteiger partial charge in [0.15, 0.2) is 0 Å². The molecule has 3 rings (SSSR count). The molecule has 2 aromatic carbocycles.